The average Bonchev–Trinajstić information content (AvgIpc) is 2.94. The molecule has 3 aromatic carbocycles. The largest absolute Gasteiger partial charge is 0.355 e. The highest BCUT2D eigenvalue weighted by Crippen LogP contribution is 2.37. The van der Waals surface area contributed by atoms with Gasteiger partial charge < -0.3 is 15.2 Å². The second-order valence-electron chi connectivity index (χ2n) is 9.73. The van der Waals surface area contributed by atoms with Crippen LogP contribution in [0.2, 0.25) is 0 Å². The highest BCUT2D eigenvalue weighted by Gasteiger charge is 2.34. The Balaban J connectivity index is 1.57. The van der Waals surface area contributed by atoms with Crippen molar-refractivity contribution in [1.29, 1.82) is 0 Å². The molecule has 2 atom stereocenters. The Kier molecular flexibility index (Phi) is 7.50. The predicted molar refractivity (Wildman–Crippen MR) is 149 cm³/mol. The van der Waals surface area contributed by atoms with Gasteiger partial charge in [0.2, 0.25) is 0 Å². The summed E-state index contributed by atoms with van der Waals surface area (Å²) in [5.74, 6) is -0.525. The van der Waals surface area contributed by atoms with Gasteiger partial charge in [-0.15, -0.1) is 0 Å². The summed E-state index contributed by atoms with van der Waals surface area (Å²) in [5.41, 5.74) is 3.41. The summed E-state index contributed by atoms with van der Waals surface area (Å²) in [7, 11) is 1.50. The van der Waals surface area contributed by atoms with Crippen LogP contribution in [0, 0.1) is 0 Å². The molecule has 5 rings (SSSR count). The Morgan fingerprint density at radius 2 is 1.42 bits per heavy atom. The summed E-state index contributed by atoms with van der Waals surface area (Å²) < 4.78 is 1.47. The maximum atomic E-state index is 13.9. The zero-order chi connectivity index (χ0) is 26.5. The first-order chi connectivity index (χ1) is 18.5. The quantitative estimate of drug-likeness (QED) is 0.369. The summed E-state index contributed by atoms with van der Waals surface area (Å²) in [5, 5.41) is 5.83. The highest BCUT2D eigenvalue weighted by molar-refractivity contribution is 6.02. The number of carbonyl (C=O) groups excluding carboxylic acids is 2. The molecule has 1 saturated carbocycles. The minimum atomic E-state index is -0.497. The maximum Gasteiger partial charge on any atom is 0.264 e. The van der Waals surface area contributed by atoms with Crippen molar-refractivity contribution in [3.05, 3.63) is 141 Å². The van der Waals surface area contributed by atoms with Crippen molar-refractivity contribution in [3.63, 3.8) is 0 Å². The van der Waals surface area contributed by atoms with Crippen LogP contribution in [0.15, 0.2) is 102 Å². The van der Waals surface area contributed by atoms with Crippen LogP contribution in [0.5, 0.6) is 0 Å². The van der Waals surface area contributed by atoms with E-state index in [1.807, 2.05) is 78.9 Å². The Bertz CT molecular complexity index is 1480. The van der Waals surface area contributed by atoms with E-state index in [1.54, 1.807) is 6.20 Å². The Labute approximate surface area is 222 Å². The van der Waals surface area contributed by atoms with Crippen LogP contribution in [0.4, 0.5) is 0 Å². The molecule has 0 spiro atoms. The number of hydrogen-bond donors (Lipinski definition) is 2. The molecule has 4 aromatic rings. The first kappa shape index (κ1) is 25.2. The molecule has 2 amide bonds. The lowest BCUT2D eigenvalue weighted by molar-refractivity contribution is 0.0903. The Hall–Kier alpha value is -4.45. The van der Waals surface area contributed by atoms with Gasteiger partial charge in [-0.3, -0.25) is 14.4 Å². The summed E-state index contributed by atoms with van der Waals surface area (Å²) in [4.78, 5) is 40.6. The smallest absolute Gasteiger partial charge is 0.264 e. The standard InChI is InChI=1S/C32H31N3O3/c1-33-31(37)29-26(19-22-11-5-2-6-12-22)27(21-35(32(29)38)20-23-13-7-3-8-14-23)30(36)34-28-18-17-25(28)24-15-9-4-10-16-24/h2-16,21,25,28H,17-20H2,1H3,(H,33,37)(H,34,36). The third-order valence-electron chi connectivity index (χ3n) is 7.32. The summed E-state index contributed by atoms with van der Waals surface area (Å²) in [6, 6.07) is 29.3. The molecular weight excluding hydrogens is 474 g/mol. The average molecular weight is 506 g/mol. The van der Waals surface area contributed by atoms with E-state index in [2.05, 4.69) is 22.8 Å². The zero-order valence-corrected chi connectivity index (χ0v) is 21.4. The topological polar surface area (TPSA) is 80.2 Å². The maximum absolute atomic E-state index is 13.9. The van der Waals surface area contributed by atoms with Crippen molar-refractivity contribution in [2.75, 3.05) is 7.05 Å². The molecule has 0 bridgehead atoms. The lowest BCUT2D eigenvalue weighted by atomic mass is 9.75. The molecule has 6 nitrogen and oxygen atoms in total. The number of hydrogen-bond acceptors (Lipinski definition) is 3. The molecule has 2 N–H and O–H groups in total. The number of pyridine rings is 1. The summed E-state index contributed by atoms with van der Waals surface area (Å²) in [6.45, 7) is 0.256. The third kappa shape index (κ3) is 5.30. The predicted octanol–water partition coefficient (Wildman–Crippen LogP) is 4.52. The van der Waals surface area contributed by atoms with Crippen LogP contribution < -0.4 is 16.2 Å². The molecule has 1 aromatic heterocycles. The second-order valence-corrected chi connectivity index (χ2v) is 9.73. The fourth-order valence-electron chi connectivity index (χ4n) is 5.15. The van der Waals surface area contributed by atoms with Gasteiger partial charge in [0.05, 0.1) is 12.1 Å². The van der Waals surface area contributed by atoms with Crippen molar-refractivity contribution >= 4 is 11.8 Å². The molecule has 0 radical (unpaired) electrons. The van der Waals surface area contributed by atoms with Gasteiger partial charge in [-0.1, -0.05) is 91.0 Å². The molecule has 38 heavy (non-hydrogen) atoms. The van der Waals surface area contributed by atoms with Crippen LogP contribution in [-0.4, -0.2) is 29.5 Å². The van der Waals surface area contributed by atoms with Crippen molar-refractivity contribution < 1.29 is 9.59 Å². The first-order valence-electron chi connectivity index (χ1n) is 13.0. The van der Waals surface area contributed by atoms with E-state index in [9.17, 15) is 14.4 Å². The summed E-state index contributed by atoms with van der Waals surface area (Å²) in [6.07, 6.45) is 3.79. The molecule has 2 unspecified atom stereocenters. The van der Waals surface area contributed by atoms with Crippen LogP contribution in [-0.2, 0) is 13.0 Å². The van der Waals surface area contributed by atoms with E-state index < -0.39 is 11.5 Å². The van der Waals surface area contributed by atoms with Gasteiger partial charge in [0.1, 0.15) is 5.56 Å². The van der Waals surface area contributed by atoms with Crippen molar-refractivity contribution in [3.8, 4) is 0 Å². The van der Waals surface area contributed by atoms with Crippen LogP contribution in [0.3, 0.4) is 0 Å². The van der Waals surface area contributed by atoms with Gasteiger partial charge >= 0.3 is 0 Å². The molecular formula is C32H31N3O3. The first-order valence-corrected chi connectivity index (χ1v) is 13.0. The number of nitrogens with zero attached hydrogens (tertiary/aromatic N) is 1. The number of rotatable bonds is 8. The number of nitrogens with one attached hydrogen (secondary N) is 2. The molecule has 1 aliphatic rings. The normalized spacial score (nSPS) is 16.3. The number of carbonyl (C=O) groups is 2. The van der Waals surface area contributed by atoms with Gasteiger partial charge in [0.25, 0.3) is 17.4 Å². The van der Waals surface area contributed by atoms with Crippen molar-refractivity contribution in [2.24, 2.45) is 0 Å². The van der Waals surface area contributed by atoms with E-state index in [-0.39, 0.29) is 30.0 Å². The van der Waals surface area contributed by atoms with E-state index in [4.69, 9.17) is 0 Å². The van der Waals surface area contributed by atoms with Gasteiger partial charge in [0, 0.05) is 25.2 Å². The lowest BCUT2D eigenvalue weighted by Crippen LogP contribution is -2.46. The van der Waals surface area contributed by atoms with Crippen molar-refractivity contribution in [1.82, 2.24) is 15.2 Å². The molecule has 1 aliphatic carbocycles. The number of aromatic nitrogens is 1. The molecule has 0 saturated heterocycles. The van der Waals surface area contributed by atoms with Crippen LogP contribution >= 0.6 is 0 Å². The monoisotopic (exact) mass is 505 g/mol. The highest BCUT2D eigenvalue weighted by atomic mass is 16.2. The molecule has 0 aliphatic heterocycles. The van der Waals surface area contributed by atoms with Gasteiger partial charge in [0.15, 0.2) is 0 Å². The van der Waals surface area contributed by atoms with Gasteiger partial charge in [-0.2, -0.15) is 0 Å². The third-order valence-corrected chi connectivity index (χ3v) is 7.32. The van der Waals surface area contributed by atoms with E-state index in [0.717, 1.165) is 24.0 Å². The molecule has 1 heterocycles. The van der Waals surface area contributed by atoms with Crippen LogP contribution in [0.1, 0.15) is 61.7 Å². The van der Waals surface area contributed by atoms with Crippen molar-refractivity contribution in [2.45, 2.75) is 37.8 Å². The SMILES string of the molecule is CNC(=O)c1c(Cc2ccccc2)c(C(=O)NC2CCC2c2ccccc2)cn(Cc2ccccc2)c1=O. The number of benzene rings is 3. The van der Waals surface area contributed by atoms with E-state index in [1.165, 1.54) is 17.2 Å². The van der Waals surface area contributed by atoms with E-state index in [0.29, 0.717) is 17.5 Å². The van der Waals surface area contributed by atoms with E-state index >= 15 is 0 Å². The van der Waals surface area contributed by atoms with Gasteiger partial charge in [-0.25, -0.2) is 0 Å². The Morgan fingerprint density at radius 1 is 0.816 bits per heavy atom. The Morgan fingerprint density at radius 3 is 2.00 bits per heavy atom. The molecule has 1 fully saturated rings. The van der Waals surface area contributed by atoms with Gasteiger partial charge in [-0.05, 0) is 41.5 Å². The molecule has 192 valence electrons. The van der Waals surface area contributed by atoms with Crippen LogP contribution in [0.25, 0.3) is 0 Å². The fraction of sp³-hybridized carbons (Fsp3) is 0.219. The molecule has 6 heteroatoms. The lowest BCUT2D eigenvalue weighted by Gasteiger charge is -2.37. The zero-order valence-electron chi connectivity index (χ0n) is 21.4. The minimum absolute atomic E-state index is 0.00701. The fourth-order valence-corrected chi connectivity index (χ4v) is 5.15. The summed E-state index contributed by atoms with van der Waals surface area (Å²) >= 11 is 0. The number of amides is 2. The minimum Gasteiger partial charge on any atom is -0.355 e. The second kappa shape index (κ2) is 11.3.